The third-order valence-corrected chi connectivity index (χ3v) is 8.51. The van der Waals surface area contributed by atoms with Crippen molar-refractivity contribution >= 4 is 41.0 Å². The van der Waals surface area contributed by atoms with Gasteiger partial charge in [0.25, 0.3) is 0 Å². The Morgan fingerprint density at radius 3 is 2.51 bits per heavy atom. The highest BCUT2D eigenvalue weighted by atomic mass is 35.5. The van der Waals surface area contributed by atoms with E-state index in [2.05, 4.69) is 20.8 Å². The molecule has 0 saturated carbocycles. The second-order valence-electron chi connectivity index (χ2n) is 10.6. The Labute approximate surface area is 238 Å². The molecule has 5 rings (SSSR count). The first-order chi connectivity index (χ1) is 18.7. The summed E-state index contributed by atoms with van der Waals surface area (Å²) < 4.78 is 12.9. The van der Waals surface area contributed by atoms with Crippen LogP contribution in [0.5, 0.6) is 5.75 Å². The third-order valence-electron chi connectivity index (χ3n) is 6.96. The van der Waals surface area contributed by atoms with Gasteiger partial charge in [-0.3, -0.25) is 14.5 Å². The molecule has 3 aromatic rings. The Kier molecular flexibility index (Phi) is 7.94. The molecule has 1 saturated heterocycles. The summed E-state index contributed by atoms with van der Waals surface area (Å²) in [4.78, 5) is 30.7. The van der Waals surface area contributed by atoms with Gasteiger partial charge in [0.2, 0.25) is 11.8 Å². The number of hydrogen-bond acceptors (Lipinski definition) is 6. The summed E-state index contributed by atoms with van der Waals surface area (Å²) in [6.45, 7) is 8.20. The molecule has 2 amide bonds. The van der Waals surface area contributed by atoms with Crippen molar-refractivity contribution in [3.63, 3.8) is 0 Å². The molecule has 2 aliphatic rings. The van der Waals surface area contributed by atoms with Crippen LogP contribution in [0.15, 0.2) is 48.5 Å². The number of benzene rings is 2. The molecule has 206 valence electrons. The van der Waals surface area contributed by atoms with Gasteiger partial charge in [0.05, 0.1) is 47.7 Å². The van der Waals surface area contributed by atoms with E-state index in [4.69, 9.17) is 26.2 Å². The SMILES string of the molecule is COc1ccccc1[C@H]1SCC(=O)N(CC(=O)N2CCOCC2)c2c1c(C(C)(C)C)nn2-c1ccccc1Cl. The van der Waals surface area contributed by atoms with Crippen molar-refractivity contribution in [1.82, 2.24) is 14.7 Å². The number of methoxy groups -OCH3 is 1. The second-order valence-corrected chi connectivity index (χ2v) is 12.1. The van der Waals surface area contributed by atoms with Gasteiger partial charge >= 0.3 is 0 Å². The molecule has 0 radical (unpaired) electrons. The van der Waals surface area contributed by atoms with Crippen molar-refractivity contribution in [1.29, 1.82) is 0 Å². The molecule has 1 atom stereocenters. The zero-order valence-electron chi connectivity index (χ0n) is 22.6. The molecular formula is C29H33ClN4O4S. The molecule has 2 aliphatic heterocycles. The Balaban J connectivity index is 1.76. The summed E-state index contributed by atoms with van der Waals surface area (Å²) in [5, 5.41) is 5.36. The first kappa shape index (κ1) is 27.6. The Morgan fingerprint density at radius 2 is 1.82 bits per heavy atom. The van der Waals surface area contributed by atoms with Crippen LogP contribution < -0.4 is 9.64 Å². The Bertz CT molecular complexity index is 1380. The van der Waals surface area contributed by atoms with E-state index >= 15 is 0 Å². The number of hydrogen-bond donors (Lipinski definition) is 0. The maximum atomic E-state index is 13.9. The molecule has 10 heteroatoms. The summed E-state index contributed by atoms with van der Waals surface area (Å²) in [6.07, 6.45) is 0. The van der Waals surface area contributed by atoms with Gasteiger partial charge in [0.15, 0.2) is 0 Å². The number of fused-ring (bicyclic) bond motifs is 1. The summed E-state index contributed by atoms with van der Waals surface area (Å²) in [6, 6.07) is 15.3. The molecule has 0 spiro atoms. The highest BCUT2D eigenvalue weighted by Crippen LogP contribution is 2.50. The van der Waals surface area contributed by atoms with Crippen LogP contribution in [0.3, 0.4) is 0 Å². The number of carbonyl (C=O) groups is 2. The molecule has 0 N–H and O–H groups in total. The fourth-order valence-electron chi connectivity index (χ4n) is 5.04. The largest absolute Gasteiger partial charge is 0.496 e. The zero-order valence-corrected chi connectivity index (χ0v) is 24.2. The Morgan fingerprint density at radius 1 is 1.13 bits per heavy atom. The maximum absolute atomic E-state index is 13.9. The van der Waals surface area contributed by atoms with Crippen LogP contribution in [0.1, 0.15) is 42.8 Å². The number of aromatic nitrogens is 2. The minimum Gasteiger partial charge on any atom is -0.496 e. The van der Waals surface area contributed by atoms with E-state index in [1.165, 1.54) is 11.8 Å². The van der Waals surface area contributed by atoms with Crippen LogP contribution in [0.4, 0.5) is 5.82 Å². The molecule has 0 bridgehead atoms. The molecule has 39 heavy (non-hydrogen) atoms. The van der Waals surface area contributed by atoms with Crippen molar-refractivity contribution in [2.75, 3.05) is 50.6 Å². The van der Waals surface area contributed by atoms with E-state index in [-0.39, 0.29) is 34.8 Å². The van der Waals surface area contributed by atoms with Crippen LogP contribution in [0.25, 0.3) is 5.69 Å². The van der Waals surface area contributed by atoms with Crippen LogP contribution >= 0.6 is 23.4 Å². The minimum absolute atomic E-state index is 0.0925. The number of para-hydroxylation sites is 2. The fourth-order valence-corrected chi connectivity index (χ4v) is 6.48. The lowest BCUT2D eigenvalue weighted by atomic mass is 9.87. The van der Waals surface area contributed by atoms with Gasteiger partial charge in [-0.15, -0.1) is 11.8 Å². The average molecular weight is 569 g/mol. The van der Waals surface area contributed by atoms with Crippen LogP contribution in [0, 0.1) is 0 Å². The normalized spacial score (nSPS) is 18.1. The van der Waals surface area contributed by atoms with Gasteiger partial charge in [-0.1, -0.05) is 62.7 Å². The lowest BCUT2D eigenvalue weighted by Crippen LogP contribution is -2.48. The highest BCUT2D eigenvalue weighted by molar-refractivity contribution is 8.00. The topological polar surface area (TPSA) is 76.9 Å². The number of anilines is 1. The summed E-state index contributed by atoms with van der Waals surface area (Å²) in [5.41, 5.74) is 2.94. The van der Waals surface area contributed by atoms with Gasteiger partial charge in [-0.05, 0) is 18.2 Å². The van der Waals surface area contributed by atoms with Crippen molar-refractivity contribution < 1.29 is 19.1 Å². The van der Waals surface area contributed by atoms with Gasteiger partial charge in [0.1, 0.15) is 18.1 Å². The van der Waals surface area contributed by atoms with Gasteiger partial charge in [-0.25, -0.2) is 4.68 Å². The number of thioether (sulfide) groups is 1. The van der Waals surface area contributed by atoms with E-state index in [0.29, 0.717) is 42.8 Å². The highest BCUT2D eigenvalue weighted by Gasteiger charge is 2.41. The quantitative estimate of drug-likeness (QED) is 0.437. The molecule has 0 aliphatic carbocycles. The third kappa shape index (κ3) is 5.40. The van der Waals surface area contributed by atoms with Crippen molar-refractivity contribution in [3.8, 4) is 11.4 Å². The number of nitrogens with zero attached hydrogens (tertiary/aromatic N) is 4. The standard InChI is InChI=1S/C29H33ClN4O4S/c1-29(2,3)27-25-26(19-9-5-8-12-22(19)37-4)39-18-24(36)33(17-23(35)32-13-15-38-16-14-32)28(25)34(31-27)21-11-7-6-10-20(21)30/h5-12,26H,13-18H2,1-4H3/t26-/m1/s1. The number of morpholine rings is 1. The molecule has 3 heterocycles. The van der Waals surface area contributed by atoms with Gasteiger partial charge in [0, 0.05) is 29.6 Å². The lowest BCUT2D eigenvalue weighted by Gasteiger charge is -2.30. The summed E-state index contributed by atoms with van der Waals surface area (Å²) in [5.74, 6) is 1.22. The predicted octanol–water partition coefficient (Wildman–Crippen LogP) is 4.86. The molecule has 1 fully saturated rings. The predicted molar refractivity (Wildman–Crippen MR) is 154 cm³/mol. The van der Waals surface area contributed by atoms with Crippen LogP contribution in [-0.2, 0) is 19.7 Å². The van der Waals surface area contributed by atoms with Crippen molar-refractivity contribution in [2.24, 2.45) is 0 Å². The number of amides is 2. The van der Waals surface area contributed by atoms with E-state index in [9.17, 15) is 9.59 Å². The van der Waals surface area contributed by atoms with E-state index < -0.39 is 0 Å². The van der Waals surface area contributed by atoms with E-state index in [0.717, 1.165) is 22.6 Å². The van der Waals surface area contributed by atoms with Gasteiger partial charge in [-0.2, -0.15) is 5.10 Å². The smallest absolute Gasteiger partial charge is 0.242 e. The number of rotatable bonds is 5. The van der Waals surface area contributed by atoms with Crippen LogP contribution in [0.2, 0.25) is 5.02 Å². The van der Waals surface area contributed by atoms with Gasteiger partial charge < -0.3 is 14.4 Å². The van der Waals surface area contributed by atoms with E-state index in [1.807, 2.05) is 42.5 Å². The first-order valence-electron chi connectivity index (χ1n) is 13.0. The fraction of sp³-hybridized carbons (Fsp3) is 0.414. The molecular weight excluding hydrogens is 536 g/mol. The minimum atomic E-state index is -0.370. The average Bonchev–Trinajstić information content (AvgIpc) is 3.27. The maximum Gasteiger partial charge on any atom is 0.242 e. The number of carbonyl (C=O) groups excluding carboxylic acids is 2. The molecule has 8 nitrogen and oxygen atoms in total. The monoisotopic (exact) mass is 568 g/mol. The molecule has 0 unspecified atom stereocenters. The first-order valence-corrected chi connectivity index (χ1v) is 14.4. The summed E-state index contributed by atoms with van der Waals surface area (Å²) >= 11 is 8.22. The van der Waals surface area contributed by atoms with E-state index in [1.54, 1.807) is 27.7 Å². The number of ether oxygens (including phenoxy) is 2. The lowest BCUT2D eigenvalue weighted by molar-refractivity contribution is -0.134. The summed E-state index contributed by atoms with van der Waals surface area (Å²) in [7, 11) is 1.65. The van der Waals surface area contributed by atoms with Crippen LogP contribution in [-0.4, -0.2) is 72.2 Å². The zero-order chi connectivity index (χ0) is 27.7. The Hall–Kier alpha value is -3.01. The van der Waals surface area contributed by atoms with Crippen molar-refractivity contribution in [2.45, 2.75) is 31.4 Å². The molecule has 1 aromatic heterocycles. The second kappa shape index (κ2) is 11.2. The molecule has 2 aromatic carbocycles. The van der Waals surface area contributed by atoms with Crippen molar-refractivity contribution in [3.05, 3.63) is 70.4 Å². The number of halogens is 1.